The number of aryl methyl sites for hydroxylation is 1. The Hall–Kier alpha value is -1.22. The minimum atomic E-state index is -4.43. The van der Waals surface area contributed by atoms with Crippen molar-refractivity contribution in [2.24, 2.45) is 5.92 Å². The quantitative estimate of drug-likeness (QED) is 0.867. The van der Waals surface area contributed by atoms with Crippen LogP contribution in [-0.4, -0.2) is 44.2 Å². The van der Waals surface area contributed by atoms with Crippen molar-refractivity contribution >= 4 is 17.7 Å². The fourth-order valence-corrected chi connectivity index (χ4v) is 4.19. The number of imidazole rings is 1. The summed E-state index contributed by atoms with van der Waals surface area (Å²) in [6, 6.07) is 0. The molecule has 0 bridgehead atoms. The zero-order valence-corrected chi connectivity index (χ0v) is 13.2. The SMILES string of the molecule is O=C(NC[C@@H]1CCc2nc(C(F)(F)F)cn2C1)[C@]1(O)CCSC1. The molecule has 9 heteroatoms. The third-order valence-corrected chi connectivity index (χ3v) is 5.53. The number of hydrogen-bond donors (Lipinski definition) is 2. The number of thioether (sulfide) groups is 1. The Balaban J connectivity index is 1.57. The van der Waals surface area contributed by atoms with E-state index in [1.54, 1.807) is 0 Å². The zero-order valence-electron chi connectivity index (χ0n) is 12.4. The van der Waals surface area contributed by atoms with Crippen LogP contribution in [0.2, 0.25) is 0 Å². The lowest BCUT2D eigenvalue weighted by Gasteiger charge is -2.26. The first kappa shape index (κ1) is 16.6. The van der Waals surface area contributed by atoms with Crippen LogP contribution in [0.4, 0.5) is 13.2 Å². The van der Waals surface area contributed by atoms with Gasteiger partial charge in [0.25, 0.3) is 5.91 Å². The molecule has 0 unspecified atom stereocenters. The molecule has 1 fully saturated rings. The highest BCUT2D eigenvalue weighted by Crippen LogP contribution is 2.31. The maximum atomic E-state index is 12.7. The van der Waals surface area contributed by atoms with Crippen molar-refractivity contribution in [2.45, 2.75) is 37.6 Å². The summed E-state index contributed by atoms with van der Waals surface area (Å²) >= 11 is 1.54. The Morgan fingerprint density at radius 3 is 3.00 bits per heavy atom. The summed E-state index contributed by atoms with van der Waals surface area (Å²) in [5.41, 5.74) is -2.17. The minimum Gasteiger partial charge on any atom is -0.379 e. The number of carbonyl (C=O) groups is 1. The third-order valence-electron chi connectivity index (χ3n) is 4.36. The van der Waals surface area contributed by atoms with Gasteiger partial charge in [-0.3, -0.25) is 4.79 Å². The van der Waals surface area contributed by atoms with Gasteiger partial charge in [-0.25, -0.2) is 4.98 Å². The summed E-state index contributed by atoms with van der Waals surface area (Å²) in [6.07, 6.45) is -1.84. The standard InChI is InChI=1S/C14H18F3N3O2S/c15-14(16,17)10-7-20-6-9(1-2-11(20)19-10)5-18-12(21)13(22)3-4-23-8-13/h7,9,22H,1-6,8H2,(H,18,21)/t9-,13-/m0/s1. The van der Waals surface area contributed by atoms with Crippen LogP contribution in [0.25, 0.3) is 0 Å². The second kappa shape index (κ2) is 6.01. The Morgan fingerprint density at radius 1 is 1.57 bits per heavy atom. The molecule has 0 radical (unpaired) electrons. The van der Waals surface area contributed by atoms with Gasteiger partial charge in [0.1, 0.15) is 5.82 Å². The first-order valence-electron chi connectivity index (χ1n) is 7.49. The van der Waals surface area contributed by atoms with Gasteiger partial charge in [0.15, 0.2) is 11.3 Å². The zero-order chi connectivity index (χ0) is 16.7. The van der Waals surface area contributed by atoms with E-state index in [1.807, 2.05) is 0 Å². The number of hydrogen-bond acceptors (Lipinski definition) is 4. The van der Waals surface area contributed by atoms with Crippen LogP contribution in [0.3, 0.4) is 0 Å². The highest BCUT2D eigenvalue weighted by Gasteiger charge is 2.40. The Bertz CT molecular complexity index is 597. The van der Waals surface area contributed by atoms with Crippen molar-refractivity contribution in [3.05, 3.63) is 17.7 Å². The molecule has 2 aliphatic heterocycles. The molecule has 0 aliphatic carbocycles. The van der Waals surface area contributed by atoms with Gasteiger partial charge in [0.05, 0.1) is 0 Å². The largest absolute Gasteiger partial charge is 0.434 e. The van der Waals surface area contributed by atoms with Crippen molar-refractivity contribution < 1.29 is 23.1 Å². The van der Waals surface area contributed by atoms with E-state index >= 15 is 0 Å². The topological polar surface area (TPSA) is 67.2 Å². The van der Waals surface area contributed by atoms with Gasteiger partial charge >= 0.3 is 6.18 Å². The second-order valence-corrected chi connectivity index (χ2v) is 7.25. The normalized spacial score (nSPS) is 27.7. The summed E-state index contributed by atoms with van der Waals surface area (Å²) in [5.74, 6) is 1.25. The highest BCUT2D eigenvalue weighted by atomic mass is 32.2. The Morgan fingerprint density at radius 2 is 2.35 bits per heavy atom. The number of aromatic nitrogens is 2. The van der Waals surface area contributed by atoms with E-state index in [9.17, 15) is 23.1 Å². The summed E-state index contributed by atoms with van der Waals surface area (Å²) in [6.45, 7) is 0.747. The molecule has 5 nitrogen and oxygen atoms in total. The number of halogens is 3. The van der Waals surface area contributed by atoms with E-state index in [2.05, 4.69) is 10.3 Å². The van der Waals surface area contributed by atoms with Crippen LogP contribution < -0.4 is 5.32 Å². The van der Waals surface area contributed by atoms with Crippen LogP contribution in [-0.2, 0) is 23.9 Å². The van der Waals surface area contributed by atoms with Crippen molar-refractivity contribution in [3.8, 4) is 0 Å². The lowest BCUT2D eigenvalue weighted by Crippen LogP contribution is -2.48. The molecule has 128 valence electrons. The first-order valence-corrected chi connectivity index (χ1v) is 8.65. The number of carbonyl (C=O) groups excluding carboxylic acids is 1. The van der Waals surface area contributed by atoms with Gasteiger partial charge in [0.2, 0.25) is 0 Å². The molecule has 0 saturated carbocycles. The molecule has 2 N–H and O–H groups in total. The number of aliphatic hydroxyl groups is 1. The molecule has 2 atom stereocenters. The third kappa shape index (κ3) is 3.50. The van der Waals surface area contributed by atoms with E-state index in [0.717, 1.165) is 11.9 Å². The summed E-state index contributed by atoms with van der Waals surface area (Å²) < 4.78 is 39.6. The highest BCUT2D eigenvalue weighted by molar-refractivity contribution is 7.99. The molecule has 1 amide bonds. The fourth-order valence-electron chi connectivity index (χ4n) is 2.95. The molecule has 2 aliphatic rings. The first-order chi connectivity index (χ1) is 10.8. The van der Waals surface area contributed by atoms with Crippen molar-refractivity contribution in [3.63, 3.8) is 0 Å². The van der Waals surface area contributed by atoms with Crippen molar-refractivity contribution in [2.75, 3.05) is 18.1 Å². The molecular formula is C14H18F3N3O2S. The van der Waals surface area contributed by atoms with Gasteiger partial charge in [-0.05, 0) is 24.5 Å². The number of rotatable bonds is 3. The van der Waals surface area contributed by atoms with Crippen LogP contribution in [0.5, 0.6) is 0 Å². The minimum absolute atomic E-state index is 0.0411. The van der Waals surface area contributed by atoms with Crippen LogP contribution >= 0.6 is 11.8 Å². The van der Waals surface area contributed by atoms with E-state index < -0.39 is 17.5 Å². The fraction of sp³-hybridized carbons (Fsp3) is 0.714. The van der Waals surface area contributed by atoms with Crippen LogP contribution in [0, 0.1) is 5.92 Å². The van der Waals surface area contributed by atoms with E-state index in [4.69, 9.17) is 0 Å². The number of nitrogens with one attached hydrogen (secondary N) is 1. The predicted octanol–water partition coefficient (Wildman–Crippen LogP) is 1.45. The lowest BCUT2D eigenvalue weighted by molar-refractivity contribution is -0.141. The van der Waals surface area contributed by atoms with Gasteiger partial charge in [-0.1, -0.05) is 0 Å². The van der Waals surface area contributed by atoms with E-state index in [1.165, 1.54) is 16.3 Å². The van der Waals surface area contributed by atoms with Gasteiger partial charge in [-0.15, -0.1) is 0 Å². The van der Waals surface area contributed by atoms with Crippen LogP contribution in [0.15, 0.2) is 6.20 Å². The number of amides is 1. The molecule has 0 spiro atoms. The van der Waals surface area contributed by atoms with Crippen molar-refractivity contribution in [1.82, 2.24) is 14.9 Å². The van der Waals surface area contributed by atoms with Gasteiger partial charge in [-0.2, -0.15) is 24.9 Å². The maximum Gasteiger partial charge on any atom is 0.434 e. The molecule has 1 aromatic heterocycles. The lowest BCUT2D eigenvalue weighted by atomic mass is 9.98. The van der Waals surface area contributed by atoms with Crippen LogP contribution in [0.1, 0.15) is 24.4 Å². The molecular weight excluding hydrogens is 331 g/mol. The maximum absolute atomic E-state index is 12.7. The number of alkyl halides is 3. The monoisotopic (exact) mass is 349 g/mol. The molecule has 3 rings (SSSR count). The van der Waals surface area contributed by atoms with E-state index in [0.29, 0.717) is 43.9 Å². The summed E-state index contributed by atoms with van der Waals surface area (Å²) in [5, 5.41) is 12.9. The Labute approximate surface area is 135 Å². The van der Waals surface area contributed by atoms with E-state index in [-0.39, 0.29) is 11.8 Å². The summed E-state index contributed by atoms with van der Waals surface area (Å²) in [7, 11) is 0. The average molecular weight is 349 g/mol. The average Bonchev–Trinajstić information content (AvgIpc) is 3.10. The van der Waals surface area contributed by atoms with Gasteiger partial charge < -0.3 is 15.0 Å². The number of fused-ring (bicyclic) bond motifs is 1. The van der Waals surface area contributed by atoms with Crippen molar-refractivity contribution in [1.29, 1.82) is 0 Å². The molecule has 1 aromatic rings. The molecule has 0 aromatic carbocycles. The Kier molecular flexibility index (Phi) is 4.35. The molecule has 3 heterocycles. The smallest absolute Gasteiger partial charge is 0.379 e. The number of nitrogens with zero attached hydrogens (tertiary/aromatic N) is 2. The summed E-state index contributed by atoms with van der Waals surface area (Å²) in [4.78, 5) is 15.7. The van der Waals surface area contributed by atoms with Gasteiger partial charge in [0, 0.05) is 31.5 Å². The predicted molar refractivity (Wildman–Crippen MR) is 78.9 cm³/mol. The molecule has 1 saturated heterocycles. The second-order valence-electron chi connectivity index (χ2n) is 6.14. The molecule has 23 heavy (non-hydrogen) atoms.